The Kier molecular flexibility index (Phi) is 4.69. The first-order valence-corrected chi connectivity index (χ1v) is 9.09. The fourth-order valence-corrected chi connectivity index (χ4v) is 3.74. The van der Waals surface area contributed by atoms with Gasteiger partial charge in [-0.15, -0.1) is 6.58 Å². The van der Waals surface area contributed by atoms with Crippen molar-refractivity contribution in [2.75, 3.05) is 13.1 Å². The molecule has 1 atom stereocenters. The molecule has 142 valence electrons. The molecule has 0 radical (unpaired) electrons. The normalized spacial score (nSPS) is 19.0. The molecule has 1 N–H and O–H groups in total. The predicted molar refractivity (Wildman–Crippen MR) is 103 cm³/mol. The Morgan fingerprint density at radius 3 is 2.64 bits per heavy atom. The third-order valence-corrected chi connectivity index (χ3v) is 5.01. The minimum Gasteiger partial charge on any atom is -0.329 e. The molecule has 6 heteroatoms. The molecule has 0 aromatic heterocycles. The molecular formula is C22H20FN3O2. The molecule has 28 heavy (non-hydrogen) atoms. The number of halogens is 1. The molecule has 0 bridgehead atoms. The average molecular weight is 377 g/mol. The first-order chi connectivity index (χ1) is 13.6. The first kappa shape index (κ1) is 18.0. The van der Waals surface area contributed by atoms with E-state index in [1.807, 2.05) is 30.3 Å². The van der Waals surface area contributed by atoms with Crippen molar-refractivity contribution in [3.63, 3.8) is 0 Å². The lowest BCUT2D eigenvalue weighted by molar-refractivity contribution is -0.126. The van der Waals surface area contributed by atoms with E-state index in [0.717, 1.165) is 5.56 Å². The van der Waals surface area contributed by atoms with Gasteiger partial charge in [0.15, 0.2) is 0 Å². The maximum atomic E-state index is 13.8. The van der Waals surface area contributed by atoms with Crippen LogP contribution in [0, 0.1) is 5.82 Å². The third-order valence-electron chi connectivity index (χ3n) is 5.01. The highest BCUT2D eigenvalue weighted by atomic mass is 19.1. The molecule has 4 rings (SSSR count). The Bertz CT molecular complexity index is 971. The van der Waals surface area contributed by atoms with Crippen LogP contribution in [0.5, 0.6) is 0 Å². The smallest absolute Gasteiger partial charge is 0.322 e. The van der Waals surface area contributed by atoms with Crippen molar-refractivity contribution < 1.29 is 14.0 Å². The lowest BCUT2D eigenvalue weighted by Gasteiger charge is -2.33. The minimum atomic E-state index is -0.674. The van der Waals surface area contributed by atoms with E-state index < -0.39 is 11.9 Å². The van der Waals surface area contributed by atoms with Crippen LogP contribution < -0.4 is 5.32 Å². The largest absolute Gasteiger partial charge is 0.329 e. The van der Waals surface area contributed by atoms with Crippen LogP contribution in [0.3, 0.4) is 0 Å². The molecule has 1 unspecified atom stereocenters. The highest BCUT2D eigenvalue weighted by molar-refractivity contribution is 6.01. The Balaban J connectivity index is 1.72. The van der Waals surface area contributed by atoms with Crippen LogP contribution in [-0.4, -0.2) is 34.8 Å². The molecule has 2 aliphatic rings. The van der Waals surface area contributed by atoms with Crippen LogP contribution in [0.4, 0.5) is 9.18 Å². The van der Waals surface area contributed by atoms with Gasteiger partial charge in [0.25, 0.3) is 5.91 Å². The summed E-state index contributed by atoms with van der Waals surface area (Å²) >= 11 is 0. The second-order valence-corrected chi connectivity index (χ2v) is 6.84. The number of hydrogen-bond donors (Lipinski definition) is 1. The highest BCUT2D eigenvalue weighted by Crippen LogP contribution is 2.36. The zero-order valence-corrected chi connectivity index (χ0v) is 15.3. The molecule has 5 nitrogen and oxygen atoms in total. The van der Waals surface area contributed by atoms with E-state index in [-0.39, 0.29) is 11.9 Å². The molecule has 2 aliphatic heterocycles. The van der Waals surface area contributed by atoms with Gasteiger partial charge >= 0.3 is 6.03 Å². The fourth-order valence-electron chi connectivity index (χ4n) is 3.74. The summed E-state index contributed by atoms with van der Waals surface area (Å²) in [5, 5.41) is 2.85. The first-order valence-electron chi connectivity index (χ1n) is 9.09. The lowest BCUT2D eigenvalue weighted by atomic mass is 9.95. The van der Waals surface area contributed by atoms with Gasteiger partial charge in [-0.2, -0.15) is 0 Å². The minimum absolute atomic E-state index is 0.151. The van der Waals surface area contributed by atoms with Gasteiger partial charge in [0, 0.05) is 13.1 Å². The van der Waals surface area contributed by atoms with Gasteiger partial charge in [0.1, 0.15) is 5.82 Å². The van der Waals surface area contributed by atoms with E-state index in [4.69, 9.17) is 0 Å². The number of amides is 3. The maximum absolute atomic E-state index is 13.8. The van der Waals surface area contributed by atoms with Gasteiger partial charge in [0.05, 0.1) is 23.9 Å². The average Bonchev–Trinajstić information content (AvgIpc) is 3.01. The van der Waals surface area contributed by atoms with Gasteiger partial charge in [-0.05, 0) is 23.3 Å². The molecule has 3 amide bonds. The Morgan fingerprint density at radius 2 is 1.93 bits per heavy atom. The quantitative estimate of drug-likeness (QED) is 0.813. The summed E-state index contributed by atoms with van der Waals surface area (Å²) in [4.78, 5) is 29.2. The van der Waals surface area contributed by atoms with Crippen molar-refractivity contribution in [3.8, 4) is 0 Å². The van der Waals surface area contributed by atoms with Crippen molar-refractivity contribution >= 4 is 11.9 Å². The number of benzene rings is 2. The topological polar surface area (TPSA) is 52.7 Å². The summed E-state index contributed by atoms with van der Waals surface area (Å²) in [6, 6.07) is 14.7. The molecule has 2 aromatic rings. The zero-order valence-electron chi connectivity index (χ0n) is 15.3. The number of hydrogen-bond acceptors (Lipinski definition) is 2. The van der Waals surface area contributed by atoms with Crippen LogP contribution in [0.1, 0.15) is 17.2 Å². The summed E-state index contributed by atoms with van der Waals surface area (Å²) in [6.07, 6.45) is 1.62. The fraction of sp³-hybridized carbons (Fsp3) is 0.182. The third kappa shape index (κ3) is 3.17. The Hall–Kier alpha value is -3.41. The van der Waals surface area contributed by atoms with Crippen LogP contribution in [0.2, 0.25) is 0 Å². The van der Waals surface area contributed by atoms with E-state index in [1.165, 1.54) is 17.0 Å². The number of carbonyl (C=O) groups excluding carboxylic acids is 2. The number of urea groups is 1. The SMILES string of the molecule is C=CCN1C(=O)NC(c2cccc(F)c2)C2=C1CN(Cc1ccccc1)C2=O. The van der Waals surface area contributed by atoms with Crippen molar-refractivity contribution in [1.29, 1.82) is 0 Å². The van der Waals surface area contributed by atoms with Crippen molar-refractivity contribution in [2.45, 2.75) is 12.6 Å². The molecule has 0 fully saturated rings. The van der Waals surface area contributed by atoms with E-state index in [2.05, 4.69) is 11.9 Å². The summed E-state index contributed by atoms with van der Waals surface area (Å²) in [5.74, 6) is -0.559. The van der Waals surface area contributed by atoms with Crippen molar-refractivity contribution in [1.82, 2.24) is 15.1 Å². The number of nitrogens with zero attached hydrogens (tertiary/aromatic N) is 2. The number of rotatable bonds is 5. The van der Waals surface area contributed by atoms with E-state index in [1.54, 1.807) is 23.1 Å². The summed E-state index contributed by atoms with van der Waals surface area (Å²) in [6.45, 7) is 4.78. The number of carbonyl (C=O) groups is 2. The Morgan fingerprint density at radius 1 is 1.14 bits per heavy atom. The van der Waals surface area contributed by atoms with Gasteiger partial charge in [-0.25, -0.2) is 9.18 Å². The molecule has 0 saturated heterocycles. The number of nitrogens with one attached hydrogen (secondary N) is 1. The van der Waals surface area contributed by atoms with Crippen LogP contribution in [0.25, 0.3) is 0 Å². The second kappa shape index (κ2) is 7.31. The molecule has 0 spiro atoms. The summed E-state index contributed by atoms with van der Waals surface area (Å²) in [5.41, 5.74) is 2.70. The molecular weight excluding hydrogens is 357 g/mol. The monoisotopic (exact) mass is 377 g/mol. The molecule has 2 aromatic carbocycles. The molecule has 0 aliphatic carbocycles. The van der Waals surface area contributed by atoms with Crippen molar-refractivity contribution in [3.05, 3.63) is 95.5 Å². The van der Waals surface area contributed by atoms with E-state index in [0.29, 0.717) is 36.5 Å². The summed E-state index contributed by atoms with van der Waals surface area (Å²) in [7, 11) is 0. The van der Waals surface area contributed by atoms with Crippen LogP contribution >= 0.6 is 0 Å². The van der Waals surface area contributed by atoms with Gasteiger partial charge in [-0.3, -0.25) is 9.69 Å². The molecule has 0 saturated carbocycles. The van der Waals surface area contributed by atoms with Gasteiger partial charge in [0.2, 0.25) is 0 Å². The zero-order chi connectivity index (χ0) is 19.7. The standard InChI is InChI=1S/C22H20FN3O2/c1-2-11-26-18-14-25(13-15-7-4-3-5-8-15)21(27)19(18)20(24-22(26)28)16-9-6-10-17(23)12-16/h2-10,12,20H,1,11,13-14H2,(H,24,28). The molecule has 2 heterocycles. The van der Waals surface area contributed by atoms with E-state index in [9.17, 15) is 14.0 Å². The predicted octanol–water partition coefficient (Wildman–Crippen LogP) is 3.37. The van der Waals surface area contributed by atoms with Gasteiger partial charge in [-0.1, -0.05) is 48.5 Å². The Labute approximate surface area is 162 Å². The van der Waals surface area contributed by atoms with Gasteiger partial charge < -0.3 is 10.2 Å². The van der Waals surface area contributed by atoms with E-state index >= 15 is 0 Å². The lowest BCUT2D eigenvalue weighted by Crippen LogP contribution is -2.47. The van der Waals surface area contributed by atoms with Crippen LogP contribution in [0.15, 0.2) is 78.5 Å². The summed E-state index contributed by atoms with van der Waals surface area (Å²) < 4.78 is 13.8. The highest BCUT2D eigenvalue weighted by Gasteiger charge is 2.43. The maximum Gasteiger partial charge on any atom is 0.322 e. The second-order valence-electron chi connectivity index (χ2n) is 6.84. The van der Waals surface area contributed by atoms with Crippen molar-refractivity contribution in [2.24, 2.45) is 0 Å². The van der Waals surface area contributed by atoms with Crippen LogP contribution in [-0.2, 0) is 11.3 Å².